The summed E-state index contributed by atoms with van der Waals surface area (Å²) in [5.74, 6) is 0.543. The van der Waals surface area contributed by atoms with Crippen molar-refractivity contribution in [2.75, 3.05) is 13.2 Å². The van der Waals surface area contributed by atoms with Gasteiger partial charge in [0.2, 0.25) is 0 Å². The van der Waals surface area contributed by atoms with E-state index in [4.69, 9.17) is 13.6 Å². The topological polar surface area (TPSA) is 44.8 Å². The lowest BCUT2D eigenvalue weighted by molar-refractivity contribution is 0.167. The lowest BCUT2D eigenvalue weighted by Crippen LogP contribution is -2.04. The highest BCUT2D eigenvalue weighted by molar-refractivity contribution is 7.48. The average Bonchev–Trinajstić information content (AvgIpc) is 2.53. The van der Waals surface area contributed by atoms with Gasteiger partial charge in [-0.3, -0.25) is 9.05 Å². The lowest BCUT2D eigenvalue weighted by Gasteiger charge is -2.21. The van der Waals surface area contributed by atoms with Crippen molar-refractivity contribution in [3.05, 3.63) is 53.6 Å². The molecule has 0 saturated carbocycles. The van der Waals surface area contributed by atoms with Crippen molar-refractivity contribution in [2.24, 2.45) is 0 Å². The summed E-state index contributed by atoms with van der Waals surface area (Å²) in [4.78, 5) is 0. The first-order valence-electron chi connectivity index (χ1n) is 7.75. The van der Waals surface area contributed by atoms with Crippen LogP contribution in [0, 0.1) is 13.8 Å². The minimum absolute atomic E-state index is 0.253. The number of phosphoric acid groups is 1. The minimum atomic E-state index is -3.64. The van der Waals surface area contributed by atoms with Crippen LogP contribution in [0.4, 0.5) is 0 Å². The molecular weight excluding hydrogens is 311 g/mol. The van der Waals surface area contributed by atoms with Gasteiger partial charge in [0.05, 0.1) is 13.2 Å². The van der Waals surface area contributed by atoms with Gasteiger partial charge in [0, 0.05) is 5.56 Å². The van der Waals surface area contributed by atoms with E-state index in [1.165, 1.54) is 0 Å². The predicted octanol–water partition coefficient (Wildman–Crippen LogP) is 5.53. The van der Waals surface area contributed by atoms with E-state index in [-0.39, 0.29) is 13.2 Å². The summed E-state index contributed by atoms with van der Waals surface area (Å²) in [5.41, 5.74) is 3.84. The average molecular weight is 334 g/mol. The summed E-state index contributed by atoms with van der Waals surface area (Å²) < 4.78 is 29.1. The van der Waals surface area contributed by atoms with Crippen LogP contribution in [-0.4, -0.2) is 13.2 Å². The van der Waals surface area contributed by atoms with Gasteiger partial charge in [0.15, 0.2) is 0 Å². The first-order chi connectivity index (χ1) is 11.0. The molecule has 0 saturated heterocycles. The third-order valence-electron chi connectivity index (χ3n) is 3.54. The highest BCUT2D eigenvalue weighted by Crippen LogP contribution is 2.52. The molecule has 0 heterocycles. The molecule has 23 heavy (non-hydrogen) atoms. The lowest BCUT2D eigenvalue weighted by atomic mass is 9.99. The zero-order chi connectivity index (χ0) is 16.9. The maximum absolute atomic E-state index is 12.8. The van der Waals surface area contributed by atoms with E-state index in [1.54, 1.807) is 13.8 Å². The molecule has 124 valence electrons. The molecule has 4 nitrogen and oxygen atoms in total. The van der Waals surface area contributed by atoms with E-state index >= 15 is 0 Å². The zero-order valence-corrected chi connectivity index (χ0v) is 14.9. The van der Waals surface area contributed by atoms with Gasteiger partial charge in [0.1, 0.15) is 5.75 Å². The molecular formula is C18H23O4P. The Morgan fingerprint density at radius 2 is 1.52 bits per heavy atom. The quantitative estimate of drug-likeness (QED) is 0.624. The van der Waals surface area contributed by atoms with Crippen LogP contribution >= 0.6 is 7.82 Å². The van der Waals surface area contributed by atoms with Crippen LogP contribution in [0.25, 0.3) is 11.1 Å². The van der Waals surface area contributed by atoms with Gasteiger partial charge in [0.25, 0.3) is 0 Å². The summed E-state index contributed by atoms with van der Waals surface area (Å²) in [6, 6.07) is 13.8. The first-order valence-corrected chi connectivity index (χ1v) is 9.21. The van der Waals surface area contributed by atoms with Crippen LogP contribution in [0.3, 0.4) is 0 Å². The second-order valence-electron chi connectivity index (χ2n) is 5.12. The zero-order valence-electron chi connectivity index (χ0n) is 14.0. The van der Waals surface area contributed by atoms with Gasteiger partial charge in [-0.15, -0.1) is 0 Å². The molecule has 0 aromatic heterocycles. The van der Waals surface area contributed by atoms with E-state index in [1.807, 2.05) is 56.3 Å². The molecule has 0 N–H and O–H groups in total. The Labute approximate surface area is 138 Å². The first kappa shape index (κ1) is 17.7. The summed E-state index contributed by atoms with van der Waals surface area (Å²) in [6.45, 7) is 7.96. The molecule has 0 unspecified atom stereocenters. The third kappa shape index (κ3) is 4.23. The largest absolute Gasteiger partial charge is 0.530 e. The van der Waals surface area contributed by atoms with Gasteiger partial charge >= 0.3 is 7.82 Å². The highest BCUT2D eigenvalue weighted by Gasteiger charge is 2.29. The molecule has 0 bridgehead atoms. The van der Waals surface area contributed by atoms with E-state index in [9.17, 15) is 4.57 Å². The van der Waals surface area contributed by atoms with E-state index < -0.39 is 7.82 Å². The Kier molecular flexibility index (Phi) is 6.00. The molecule has 0 aliphatic heterocycles. The van der Waals surface area contributed by atoms with Crippen LogP contribution in [0.5, 0.6) is 5.75 Å². The monoisotopic (exact) mass is 334 g/mol. The number of aryl methyl sites for hydroxylation is 1. The molecule has 0 atom stereocenters. The second kappa shape index (κ2) is 7.78. The van der Waals surface area contributed by atoms with Crippen molar-refractivity contribution >= 4 is 7.82 Å². The number of hydrogen-bond donors (Lipinski definition) is 0. The van der Waals surface area contributed by atoms with Crippen molar-refractivity contribution in [1.82, 2.24) is 0 Å². The molecule has 0 spiro atoms. The predicted molar refractivity (Wildman–Crippen MR) is 92.8 cm³/mol. The highest BCUT2D eigenvalue weighted by atomic mass is 31.2. The van der Waals surface area contributed by atoms with Gasteiger partial charge in [-0.2, -0.15) is 0 Å². The van der Waals surface area contributed by atoms with E-state index in [0.29, 0.717) is 5.75 Å². The summed E-state index contributed by atoms with van der Waals surface area (Å²) in [7, 11) is -3.64. The smallest absolute Gasteiger partial charge is 0.403 e. The minimum Gasteiger partial charge on any atom is -0.403 e. The van der Waals surface area contributed by atoms with Crippen molar-refractivity contribution < 1.29 is 18.1 Å². The van der Waals surface area contributed by atoms with Gasteiger partial charge < -0.3 is 4.52 Å². The molecule has 2 aromatic rings. The Hall–Kier alpha value is -1.61. The van der Waals surface area contributed by atoms with E-state index in [2.05, 4.69) is 0 Å². The normalized spacial score (nSPS) is 11.5. The van der Waals surface area contributed by atoms with Crippen molar-refractivity contribution in [2.45, 2.75) is 27.7 Å². The van der Waals surface area contributed by atoms with Crippen LogP contribution in [0.15, 0.2) is 42.5 Å². The standard InChI is InChI=1S/C18H23O4P/c1-5-20-23(19,21-6-2)22-18-15(4)14(3)12-13-17(18)16-10-8-7-9-11-16/h7-13H,5-6H2,1-4H3. The SMILES string of the molecule is CCOP(=O)(OCC)Oc1c(-c2ccccc2)ccc(C)c1C. The summed E-state index contributed by atoms with van der Waals surface area (Å²) in [5, 5.41) is 0. The van der Waals surface area contributed by atoms with Crippen molar-refractivity contribution in [3.63, 3.8) is 0 Å². The van der Waals surface area contributed by atoms with Gasteiger partial charge in [-0.05, 0) is 44.4 Å². The molecule has 0 aliphatic carbocycles. The Morgan fingerprint density at radius 3 is 2.09 bits per heavy atom. The van der Waals surface area contributed by atoms with Gasteiger partial charge in [-0.1, -0.05) is 42.5 Å². The van der Waals surface area contributed by atoms with Crippen LogP contribution in [-0.2, 0) is 13.6 Å². The molecule has 0 fully saturated rings. The van der Waals surface area contributed by atoms with Gasteiger partial charge in [-0.25, -0.2) is 4.57 Å². The number of phosphoric ester groups is 1. The molecule has 5 heteroatoms. The summed E-state index contributed by atoms with van der Waals surface area (Å²) >= 11 is 0. The maximum Gasteiger partial charge on any atom is 0.530 e. The Balaban J connectivity index is 2.52. The fourth-order valence-electron chi connectivity index (χ4n) is 2.27. The molecule has 2 aromatic carbocycles. The molecule has 2 rings (SSSR count). The fraction of sp³-hybridized carbons (Fsp3) is 0.333. The molecule has 0 radical (unpaired) electrons. The maximum atomic E-state index is 12.8. The summed E-state index contributed by atoms with van der Waals surface area (Å²) in [6.07, 6.45) is 0. The number of hydrogen-bond acceptors (Lipinski definition) is 4. The van der Waals surface area contributed by atoms with Crippen LogP contribution < -0.4 is 4.52 Å². The number of rotatable bonds is 7. The van der Waals surface area contributed by atoms with Crippen molar-refractivity contribution in [1.29, 1.82) is 0 Å². The fourth-order valence-corrected chi connectivity index (χ4v) is 3.54. The van der Waals surface area contributed by atoms with Crippen LogP contribution in [0.1, 0.15) is 25.0 Å². The number of benzene rings is 2. The molecule has 0 amide bonds. The van der Waals surface area contributed by atoms with Crippen molar-refractivity contribution in [3.8, 4) is 16.9 Å². The Morgan fingerprint density at radius 1 is 0.913 bits per heavy atom. The third-order valence-corrected chi connectivity index (χ3v) is 5.09. The molecule has 0 aliphatic rings. The van der Waals surface area contributed by atoms with E-state index in [0.717, 1.165) is 22.3 Å². The van der Waals surface area contributed by atoms with Crippen LogP contribution in [0.2, 0.25) is 0 Å². The second-order valence-corrected chi connectivity index (χ2v) is 6.72. The Bertz CT molecular complexity index is 688.